The largest absolute Gasteiger partial charge is 0.274 e. The first-order valence-electron chi connectivity index (χ1n) is 10.0. The summed E-state index contributed by atoms with van der Waals surface area (Å²) in [5.74, 6) is -1.31. The second kappa shape index (κ2) is 8.37. The van der Waals surface area contributed by atoms with Crippen molar-refractivity contribution in [2.24, 2.45) is 23.2 Å². The maximum atomic E-state index is 12.9. The Balaban J connectivity index is 2.34. The summed E-state index contributed by atoms with van der Waals surface area (Å²) in [5.41, 5.74) is 0.887. The normalized spacial score (nSPS) is 22.8. The quantitative estimate of drug-likeness (QED) is 0.648. The van der Waals surface area contributed by atoms with Crippen molar-refractivity contribution in [3.05, 3.63) is 35.9 Å². The van der Waals surface area contributed by atoms with Crippen LogP contribution in [0.25, 0.3) is 0 Å². The summed E-state index contributed by atoms with van der Waals surface area (Å²) in [6.45, 7) is 11.7. The highest BCUT2D eigenvalue weighted by atomic mass is 16.2. The molecule has 1 aliphatic heterocycles. The lowest BCUT2D eigenvalue weighted by Gasteiger charge is -2.37. The SMILES string of the molecule is CCCC(C)C(CC(C)(C)C1C(=O)N(C(C)=O)C(=O)C1C)c1ccccc1. The van der Waals surface area contributed by atoms with Crippen LogP contribution in [0.5, 0.6) is 0 Å². The van der Waals surface area contributed by atoms with E-state index >= 15 is 0 Å². The molecule has 0 spiro atoms. The van der Waals surface area contributed by atoms with Crippen LogP contribution in [0.15, 0.2) is 30.3 Å². The fourth-order valence-corrected chi connectivity index (χ4v) is 4.83. The van der Waals surface area contributed by atoms with Crippen molar-refractivity contribution in [2.75, 3.05) is 0 Å². The van der Waals surface area contributed by atoms with Crippen LogP contribution in [-0.4, -0.2) is 22.6 Å². The van der Waals surface area contributed by atoms with E-state index in [9.17, 15) is 14.4 Å². The smallest absolute Gasteiger partial charge is 0.240 e. The molecule has 27 heavy (non-hydrogen) atoms. The van der Waals surface area contributed by atoms with Crippen LogP contribution in [0, 0.1) is 23.2 Å². The van der Waals surface area contributed by atoms with E-state index in [1.165, 1.54) is 12.5 Å². The predicted molar refractivity (Wildman–Crippen MR) is 107 cm³/mol. The molecule has 1 heterocycles. The molecule has 0 N–H and O–H groups in total. The molecule has 1 saturated heterocycles. The van der Waals surface area contributed by atoms with Crippen molar-refractivity contribution in [2.45, 2.75) is 66.7 Å². The van der Waals surface area contributed by atoms with Gasteiger partial charge in [-0.05, 0) is 29.2 Å². The van der Waals surface area contributed by atoms with Crippen molar-refractivity contribution in [1.29, 1.82) is 0 Å². The third-order valence-electron chi connectivity index (χ3n) is 6.16. The van der Waals surface area contributed by atoms with E-state index in [0.29, 0.717) is 11.8 Å². The van der Waals surface area contributed by atoms with E-state index in [0.717, 1.165) is 24.2 Å². The zero-order chi connectivity index (χ0) is 20.4. The van der Waals surface area contributed by atoms with Gasteiger partial charge in [0, 0.05) is 12.8 Å². The number of imide groups is 3. The molecule has 0 aliphatic carbocycles. The third kappa shape index (κ3) is 4.31. The number of nitrogens with zero attached hydrogens (tertiary/aromatic N) is 1. The highest BCUT2D eigenvalue weighted by molar-refractivity contribution is 6.16. The minimum atomic E-state index is -0.478. The topological polar surface area (TPSA) is 54.5 Å². The maximum absolute atomic E-state index is 12.9. The number of hydrogen-bond acceptors (Lipinski definition) is 3. The van der Waals surface area contributed by atoms with Crippen LogP contribution in [0.2, 0.25) is 0 Å². The van der Waals surface area contributed by atoms with E-state index in [1.54, 1.807) is 6.92 Å². The summed E-state index contributed by atoms with van der Waals surface area (Å²) >= 11 is 0. The molecule has 148 valence electrons. The average molecular weight is 372 g/mol. The van der Waals surface area contributed by atoms with Gasteiger partial charge in [0.15, 0.2) is 0 Å². The monoisotopic (exact) mass is 371 g/mol. The Bertz CT molecular complexity index is 695. The van der Waals surface area contributed by atoms with Crippen molar-refractivity contribution in [1.82, 2.24) is 4.90 Å². The molecule has 2 rings (SSSR count). The van der Waals surface area contributed by atoms with Gasteiger partial charge in [-0.2, -0.15) is 0 Å². The van der Waals surface area contributed by atoms with Gasteiger partial charge in [-0.15, -0.1) is 0 Å². The van der Waals surface area contributed by atoms with Crippen LogP contribution < -0.4 is 0 Å². The number of carbonyl (C=O) groups excluding carboxylic acids is 3. The van der Waals surface area contributed by atoms with Gasteiger partial charge < -0.3 is 0 Å². The van der Waals surface area contributed by atoms with Crippen LogP contribution in [-0.2, 0) is 14.4 Å². The van der Waals surface area contributed by atoms with E-state index in [-0.39, 0.29) is 11.8 Å². The number of likely N-dealkylation sites (tertiary alicyclic amines) is 1. The van der Waals surface area contributed by atoms with Crippen molar-refractivity contribution in [3.63, 3.8) is 0 Å². The molecule has 1 aromatic rings. The highest BCUT2D eigenvalue weighted by Crippen LogP contribution is 2.47. The van der Waals surface area contributed by atoms with E-state index in [4.69, 9.17) is 0 Å². The van der Waals surface area contributed by atoms with Gasteiger partial charge in [0.25, 0.3) is 0 Å². The number of amides is 3. The minimum Gasteiger partial charge on any atom is -0.274 e. The molecule has 0 radical (unpaired) electrons. The summed E-state index contributed by atoms with van der Waals surface area (Å²) in [5, 5.41) is 0. The van der Waals surface area contributed by atoms with Gasteiger partial charge in [-0.25, -0.2) is 4.90 Å². The summed E-state index contributed by atoms with van der Waals surface area (Å²) in [4.78, 5) is 38.1. The average Bonchev–Trinajstić information content (AvgIpc) is 2.83. The van der Waals surface area contributed by atoms with Gasteiger partial charge in [0.1, 0.15) is 0 Å². The standard InChI is InChI=1S/C23H33NO3/c1-7-11-15(2)19(18-12-9-8-10-13-18)14-23(5,6)20-16(3)21(26)24(17(4)25)22(20)27/h8-10,12-13,15-16,19-20H,7,11,14H2,1-6H3. The second-order valence-electron chi connectivity index (χ2n) is 8.77. The molecule has 0 bridgehead atoms. The Labute approximate surface area is 163 Å². The summed E-state index contributed by atoms with van der Waals surface area (Å²) in [7, 11) is 0. The Morgan fingerprint density at radius 3 is 2.22 bits per heavy atom. The molecule has 4 heteroatoms. The molecular weight excluding hydrogens is 338 g/mol. The second-order valence-corrected chi connectivity index (χ2v) is 8.77. The lowest BCUT2D eigenvalue weighted by Crippen LogP contribution is -2.38. The lowest BCUT2D eigenvalue weighted by molar-refractivity contribution is -0.149. The minimum absolute atomic E-state index is 0.308. The van der Waals surface area contributed by atoms with E-state index < -0.39 is 23.2 Å². The van der Waals surface area contributed by atoms with Gasteiger partial charge in [-0.3, -0.25) is 14.4 Å². The van der Waals surface area contributed by atoms with Gasteiger partial charge in [0.2, 0.25) is 17.7 Å². The molecule has 4 atom stereocenters. The number of carbonyl (C=O) groups is 3. The molecule has 1 aromatic carbocycles. The van der Waals surface area contributed by atoms with Crippen LogP contribution in [0.4, 0.5) is 0 Å². The molecular formula is C23H33NO3. The fraction of sp³-hybridized carbons (Fsp3) is 0.609. The van der Waals surface area contributed by atoms with Gasteiger partial charge in [0.05, 0.1) is 5.92 Å². The van der Waals surface area contributed by atoms with Crippen LogP contribution in [0.1, 0.15) is 72.3 Å². The lowest BCUT2D eigenvalue weighted by atomic mass is 9.65. The van der Waals surface area contributed by atoms with E-state index in [2.05, 4.69) is 52.0 Å². The third-order valence-corrected chi connectivity index (χ3v) is 6.16. The molecule has 0 saturated carbocycles. The first-order valence-corrected chi connectivity index (χ1v) is 10.0. The fourth-order valence-electron chi connectivity index (χ4n) is 4.83. The number of rotatable bonds is 7. The zero-order valence-electron chi connectivity index (χ0n) is 17.5. The summed E-state index contributed by atoms with van der Waals surface area (Å²) in [6.07, 6.45) is 3.03. The van der Waals surface area contributed by atoms with Crippen LogP contribution in [0.3, 0.4) is 0 Å². The zero-order valence-corrected chi connectivity index (χ0v) is 17.5. The summed E-state index contributed by atoms with van der Waals surface area (Å²) < 4.78 is 0. The van der Waals surface area contributed by atoms with Crippen molar-refractivity contribution >= 4 is 17.7 Å². The molecule has 4 unspecified atom stereocenters. The maximum Gasteiger partial charge on any atom is 0.240 e. The highest BCUT2D eigenvalue weighted by Gasteiger charge is 2.53. The Morgan fingerprint density at radius 1 is 1.15 bits per heavy atom. The predicted octanol–water partition coefficient (Wildman–Crippen LogP) is 4.79. The Kier molecular flexibility index (Phi) is 6.61. The van der Waals surface area contributed by atoms with Crippen molar-refractivity contribution in [3.8, 4) is 0 Å². The van der Waals surface area contributed by atoms with Gasteiger partial charge in [-0.1, -0.05) is 77.8 Å². The molecule has 1 fully saturated rings. The molecule has 1 aliphatic rings. The van der Waals surface area contributed by atoms with E-state index in [1.807, 2.05) is 6.07 Å². The number of benzene rings is 1. The first-order chi connectivity index (χ1) is 12.6. The first kappa shape index (κ1) is 21.3. The Morgan fingerprint density at radius 2 is 1.74 bits per heavy atom. The van der Waals surface area contributed by atoms with Gasteiger partial charge >= 0.3 is 0 Å². The molecule has 3 amide bonds. The Hall–Kier alpha value is -1.97. The summed E-state index contributed by atoms with van der Waals surface area (Å²) in [6, 6.07) is 10.4. The molecule has 4 nitrogen and oxygen atoms in total. The number of hydrogen-bond donors (Lipinski definition) is 0. The van der Waals surface area contributed by atoms with Crippen molar-refractivity contribution < 1.29 is 14.4 Å². The van der Waals surface area contributed by atoms with Crippen LogP contribution >= 0.6 is 0 Å². The molecule has 0 aromatic heterocycles.